The van der Waals surface area contributed by atoms with E-state index in [0.29, 0.717) is 31.7 Å². The fraction of sp³-hybridized carbons (Fsp3) is 0.786. The van der Waals surface area contributed by atoms with Gasteiger partial charge in [0, 0.05) is 23.9 Å². The summed E-state index contributed by atoms with van der Waals surface area (Å²) < 4.78 is 24.0. The van der Waals surface area contributed by atoms with Crippen molar-refractivity contribution in [2.45, 2.75) is 104 Å². The molecule has 34 heavy (non-hydrogen) atoms. The zero-order chi connectivity index (χ0) is 25.1. The second kappa shape index (κ2) is 10.8. The van der Waals surface area contributed by atoms with Crippen LogP contribution in [0.1, 0.15) is 86.8 Å². The van der Waals surface area contributed by atoms with E-state index in [-0.39, 0.29) is 23.3 Å². The summed E-state index contributed by atoms with van der Waals surface area (Å²) >= 11 is 0. The average molecular weight is 478 g/mol. The van der Waals surface area contributed by atoms with Crippen LogP contribution >= 0.6 is 0 Å². The Labute approximate surface area is 207 Å². The number of epoxide rings is 1. The molecule has 0 bridgehead atoms. The van der Waals surface area contributed by atoms with E-state index in [2.05, 4.69) is 79.5 Å². The van der Waals surface area contributed by atoms with Crippen LogP contribution in [0.15, 0.2) is 24.3 Å². The van der Waals surface area contributed by atoms with Crippen molar-refractivity contribution in [3.05, 3.63) is 29.8 Å². The molecular weight excluding hydrogens is 430 g/mol. The van der Waals surface area contributed by atoms with E-state index in [9.17, 15) is 0 Å². The van der Waals surface area contributed by atoms with Crippen molar-refractivity contribution >= 4 is 0 Å². The molecule has 0 aliphatic carbocycles. The number of benzene rings is 1. The minimum Gasteiger partial charge on any atom is -0.491 e. The van der Waals surface area contributed by atoms with Gasteiger partial charge in [0.1, 0.15) is 24.6 Å². The molecular formula is C28H47NO5. The van der Waals surface area contributed by atoms with Gasteiger partial charge < -0.3 is 18.9 Å². The molecule has 1 aromatic rings. The lowest BCUT2D eigenvalue weighted by atomic mass is 9.77. The number of nitrogens with zero attached hydrogens (tertiary/aromatic N) is 1. The van der Waals surface area contributed by atoms with Crippen LogP contribution in [-0.2, 0) is 19.0 Å². The van der Waals surface area contributed by atoms with Crippen LogP contribution in [0.3, 0.4) is 0 Å². The van der Waals surface area contributed by atoms with Gasteiger partial charge in [-0.3, -0.25) is 4.84 Å². The quantitative estimate of drug-likeness (QED) is 0.266. The SMILES string of the molecule is CC(C)COC1(OCC(C)C)CC(C)(C)N(OC(C)c2ccc(OCC3CO3)cc2)C(C)(C)C1. The third-order valence-electron chi connectivity index (χ3n) is 6.31. The Balaban J connectivity index is 1.71. The molecule has 2 unspecified atom stereocenters. The van der Waals surface area contributed by atoms with Crippen LogP contribution in [0, 0.1) is 11.8 Å². The summed E-state index contributed by atoms with van der Waals surface area (Å²) in [6.45, 7) is 22.5. The topological polar surface area (TPSA) is 52.7 Å². The lowest BCUT2D eigenvalue weighted by molar-refractivity contribution is -0.370. The van der Waals surface area contributed by atoms with E-state index >= 15 is 0 Å². The van der Waals surface area contributed by atoms with Gasteiger partial charge >= 0.3 is 0 Å². The molecule has 2 aliphatic rings. The smallest absolute Gasteiger partial charge is 0.171 e. The number of hydroxylamine groups is 2. The second-order valence-electron chi connectivity index (χ2n) is 12.2. The molecule has 2 saturated heterocycles. The van der Waals surface area contributed by atoms with Crippen molar-refractivity contribution in [1.29, 1.82) is 0 Å². The highest BCUT2D eigenvalue weighted by Gasteiger charge is 2.55. The first kappa shape index (κ1) is 27.4. The molecule has 2 fully saturated rings. The first-order chi connectivity index (χ1) is 15.8. The Morgan fingerprint density at radius 3 is 1.82 bits per heavy atom. The monoisotopic (exact) mass is 477 g/mol. The van der Waals surface area contributed by atoms with Gasteiger partial charge in [0.2, 0.25) is 0 Å². The highest BCUT2D eigenvalue weighted by atomic mass is 16.7. The first-order valence-electron chi connectivity index (χ1n) is 12.9. The molecule has 6 nitrogen and oxygen atoms in total. The first-order valence-corrected chi connectivity index (χ1v) is 12.9. The zero-order valence-electron chi connectivity index (χ0n) is 22.8. The van der Waals surface area contributed by atoms with Gasteiger partial charge in [0.05, 0.1) is 19.8 Å². The minimum absolute atomic E-state index is 0.0972. The molecule has 0 aromatic heterocycles. The Morgan fingerprint density at radius 2 is 1.38 bits per heavy atom. The summed E-state index contributed by atoms with van der Waals surface area (Å²) in [4.78, 5) is 6.66. The highest BCUT2D eigenvalue weighted by Crippen LogP contribution is 2.47. The maximum Gasteiger partial charge on any atom is 0.171 e. The molecule has 2 atom stereocenters. The molecule has 3 rings (SSSR count). The minimum atomic E-state index is -0.616. The maximum absolute atomic E-state index is 6.66. The summed E-state index contributed by atoms with van der Waals surface area (Å²) in [7, 11) is 0. The number of rotatable bonds is 12. The van der Waals surface area contributed by atoms with E-state index in [1.165, 1.54) is 0 Å². The lowest BCUT2D eigenvalue weighted by Gasteiger charge is -2.58. The van der Waals surface area contributed by atoms with E-state index < -0.39 is 5.79 Å². The number of hydrogen-bond donors (Lipinski definition) is 0. The molecule has 2 aliphatic heterocycles. The van der Waals surface area contributed by atoms with E-state index in [1.54, 1.807) is 0 Å². The number of piperidine rings is 1. The standard InChI is InChI=1S/C28H47NO5/c1-20(2)14-32-28(33-15-21(3)4)18-26(6,7)29(27(8,9)19-28)34-22(5)23-10-12-24(13-11-23)30-16-25-17-31-25/h10-13,20-22,25H,14-19H2,1-9H3. The van der Waals surface area contributed by atoms with E-state index in [1.807, 2.05) is 12.1 Å². The van der Waals surface area contributed by atoms with Crippen molar-refractivity contribution in [3.8, 4) is 5.75 Å². The van der Waals surface area contributed by atoms with Crippen LogP contribution in [0.5, 0.6) is 5.75 Å². The van der Waals surface area contributed by atoms with Crippen molar-refractivity contribution < 1.29 is 23.8 Å². The lowest BCUT2D eigenvalue weighted by Crippen LogP contribution is -2.66. The Bertz CT molecular complexity index is 738. The molecule has 2 heterocycles. The molecule has 0 N–H and O–H groups in total. The van der Waals surface area contributed by atoms with Crippen LogP contribution in [0.2, 0.25) is 0 Å². The molecule has 0 amide bonds. The Kier molecular flexibility index (Phi) is 8.73. The van der Waals surface area contributed by atoms with Gasteiger partial charge in [0.15, 0.2) is 5.79 Å². The zero-order valence-corrected chi connectivity index (χ0v) is 22.8. The summed E-state index contributed by atoms with van der Waals surface area (Å²) in [5, 5.41) is 2.18. The summed E-state index contributed by atoms with van der Waals surface area (Å²) in [6, 6.07) is 8.18. The molecule has 1 aromatic carbocycles. The van der Waals surface area contributed by atoms with E-state index in [4.69, 9.17) is 23.8 Å². The van der Waals surface area contributed by atoms with Crippen molar-refractivity contribution in [1.82, 2.24) is 5.06 Å². The largest absolute Gasteiger partial charge is 0.491 e. The second-order valence-corrected chi connectivity index (χ2v) is 12.2. The highest BCUT2D eigenvalue weighted by molar-refractivity contribution is 5.28. The van der Waals surface area contributed by atoms with Gasteiger partial charge in [-0.25, -0.2) is 0 Å². The molecule has 0 radical (unpaired) electrons. The van der Waals surface area contributed by atoms with Crippen LogP contribution in [0.25, 0.3) is 0 Å². The van der Waals surface area contributed by atoms with Crippen molar-refractivity contribution in [2.24, 2.45) is 11.8 Å². The summed E-state index contributed by atoms with van der Waals surface area (Å²) in [5.74, 6) is 1.14. The summed E-state index contributed by atoms with van der Waals surface area (Å²) in [6.07, 6.45) is 1.64. The predicted molar refractivity (Wildman–Crippen MR) is 135 cm³/mol. The van der Waals surface area contributed by atoms with Crippen LogP contribution < -0.4 is 4.74 Å². The van der Waals surface area contributed by atoms with Crippen molar-refractivity contribution in [2.75, 3.05) is 26.4 Å². The Hall–Kier alpha value is -1.18. The van der Waals surface area contributed by atoms with Gasteiger partial charge in [-0.1, -0.05) is 39.8 Å². The number of hydrogen-bond acceptors (Lipinski definition) is 6. The van der Waals surface area contributed by atoms with Crippen LogP contribution in [0.4, 0.5) is 0 Å². The molecule has 0 spiro atoms. The van der Waals surface area contributed by atoms with Crippen LogP contribution in [-0.4, -0.2) is 54.5 Å². The van der Waals surface area contributed by atoms with E-state index in [0.717, 1.165) is 30.8 Å². The van der Waals surface area contributed by atoms with Gasteiger partial charge in [-0.2, -0.15) is 5.06 Å². The molecule has 6 heteroatoms. The third kappa shape index (κ3) is 7.41. The van der Waals surface area contributed by atoms with Gasteiger partial charge in [0.25, 0.3) is 0 Å². The summed E-state index contributed by atoms with van der Waals surface area (Å²) in [5.41, 5.74) is 0.555. The van der Waals surface area contributed by atoms with Crippen molar-refractivity contribution in [3.63, 3.8) is 0 Å². The normalized spacial score (nSPS) is 24.4. The predicted octanol–water partition coefficient (Wildman–Crippen LogP) is 6.15. The molecule has 0 saturated carbocycles. The number of ether oxygens (including phenoxy) is 4. The third-order valence-corrected chi connectivity index (χ3v) is 6.31. The maximum atomic E-state index is 6.66. The van der Waals surface area contributed by atoms with Gasteiger partial charge in [-0.15, -0.1) is 0 Å². The fourth-order valence-corrected chi connectivity index (χ4v) is 4.92. The fourth-order valence-electron chi connectivity index (χ4n) is 4.92. The average Bonchev–Trinajstić information content (AvgIpc) is 3.56. The molecule has 194 valence electrons. The van der Waals surface area contributed by atoms with Gasteiger partial charge in [-0.05, 0) is 64.2 Å². The Morgan fingerprint density at radius 1 is 0.882 bits per heavy atom.